The molecule has 2 rings (SSSR count). The lowest BCUT2D eigenvalue weighted by Gasteiger charge is -2.39. The van der Waals surface area contributed by atoms with Gasteiger partial charge in [0.15, 0.2) is 0 Å². The van der Waals surface area contributed by atoms with Crippen LogP contribution in [-0.4, -0.2) is 28.2 Å². The molecular formula is C10H15N3O. The molecule has 4 nitrogen and oxygen atoms in total. The average molecular weight is 193 g/mol. The minimum absolute atomic E-state index is 0.172. The number of nitrogens with zero attached hydrogens (tertiary/aromatic N) is 2. The van der Waals surface area contributed by atoms with Gasteiger partial charge in [0.05, 0.1) is 5.54 Å². The van der Waals surface area contributed by atoms with Gasteiger partial charge in [-0.05, 0) is 32.4 Å². The maximum atomic E-state index is 12.1. The number of likely N-dealkylation sites (N-methyl/N-ethyl adjacent to an activating group) is 1. The second kappa shape index (κ2) is 3.20. The van der Waals surface area contributed by atoms with Gasteiger partial charge in [0.25, 0.3) is 0 Å². The first-order valence-corrected chi connectivity index (χ1v) is 4.91. The fourth-order valence-corrected chi connectivity index (χ4v) is 1.96. The number of carbonyl (C=O) groups is 1. The quantitative estimate of drug-likeness (QED) is 0.720. The van der Waals surface area contributed by atoms with Gasteiger partial charge in [-0.3, -0.25) is 9.48 Å². The maximum Gasteiger partial charge on any atom is 0.200 e. The Morgan fingerprint density at radius 2 is 2.36 bits per heavy atom. The Hall–Kier alpha value is -1.16. The Morgan fingerprint density at radius 3 is 2.71 bits per heavy atom. The van der Waals surface area contributed by atoms with E-state index in [1.807, 2.05) is 7.05 Å². The predicted molar refractivity (Wildman–Crippen MR) is 53.2 cm³/mol. The Morgan fingerprint density at radius 1 is 1.64 bits per heavy atom. The van der Waals surface area contributed by atoms with Crippen LogP contribution in [0.15, 0.2) is 12.3 Å². The molecule has 0 radical (unpaired) electrons. The number of rotatable bonds is 3. The van der Waals surface area contributed by atoms with Crippen molar-refractivity contribution < 1.29 is 4.79 Å². The third kappa shape index (κ3) is 1.18. The van der Waals surface area contributed by atoms with Crippen molar-refractivity contribution in [1.82, 2.24) is 15.1 Å². The third-order valence-electron chi connectivity index (χ3n) is 3.17. The number of aryl methyl sites for hydroxylation is 1. The maximum absolute atomic E-state index is 12.1. The normalized spacial score (nSPS) is 19.0. The van der Waals surface area contributed by atoms with E-state index < -0.39 is 0 Å². The second-order valence-corrected chi connectivity index (χ2v) is 3.85. The summed E-state index contributed by atoms with van der Waals surface area (Å²) < 4.78 is 1.64. The first-order chi connectivity index (χ1) is 6.69. The lowest BCUT2D eigenvalue weighted by Crippen LogP contribution is -2.56. The molecule has 1 saturated carbocycles. The molecule has 0 unspecified atom stereocenters. The molecule has 0 amide bonds. The van der Waals surface area contributed by atoms with Gasteiger partial charge in [-0.15, -0.1) is 0 Å². The standard InChI is InChI=1S/C10H15N3O/c1-11-10(5-3-6-10)9(14)8-4-7-12-13(8)2/h4,7,11H,3,5-6H2,1-2H3. The highest BCUT2D eigenvalue weighted by Gasteiger charge is 2.43. The number of hydrogen-bond acceptors (Lipinski definition) is 3. The molecule has 14 heavy (non-hydrogen) atoms. The van der Waals surface area contributed by atoms with E-state index in [0.717, 1.165) is 19.3 Å². The van der Waals surface area contributed by atoms with Gasteiger partial charge >= 0.3 is 0 Å². The van der Waals surface area contributed by atoms with Crippen molar-refractivity contribution >= 4 is 5.78 Å². The number of aromatic nitrogens is 2. The van der Waals surface area contributed by atoms with Gasteiger partial charge in [0.1, 0.15) is 5.69 Å². The van der Waals surface area contributed by atoms with Crippen molar-refractivity contribution in [1.29, 1.82) is 0 Å². The lowest BCUT2D eigenvalue weighted by molar-refractivity contribution is 0.0735. The molecule has 76 valence electrons. The van der Waals surface area contributed by atoms with Crippen molar-refractivity contribution in [2.24, 2.45) is 7.05 Å². The summed E-state index contributed by atoms with van der Waals surface area (Å²) in [4.78, 5) is 12.1. The monoisotopic (exact) mass is 193 g/mol. The van der Waals surface area contributed by atoms with E-state index in [0.29, 0.717) is 5.69 Å². The summed E-state index contributed by atoms with van der Waals surface area (Å²) in [7, 11) is 3.66. The van der Waals surface area contributed by atoms with Crippen LogP contribution < -0.4 is 5.32 Å². The van der Waals surface area contributed by atoms with Crippen molar-refractivity contribution in [2.45, 2.75) is 24.8 Å². The molecule has 0 spiro atoms. The number of nitrogens with one attached hydrogen (secondary N) is 1. The molecule has 1 heterocycles. The lowest BCUT2D eigenvalue weighted by atomic mass is 9.73. The highest BCUT2D eigenvalue weighted by atomic mass is 16.1. The molecule has 1 N–H and O–H groups in total. The summed E-state index contributed by atoms with van der Waals surface area (Å²) in [5.41, 5.74) is 0.382. The molecule has 0 atom stereocenters. The van der Waals surface area contributed by atoms with E-state index in [9.17, 15) is 4.79 Å². The second-order valence-electron chi connectivity index (χ2n) is 3.85. The summed E-state index contributed by atoms with van der Waals surface area (Å²) >= 11 is 0. The fraction of sp³-hybridized carbons (Fsp3) is 0.600. The van der Waals surface area contributed by atoms with E-state index in [1.165, 1.54) is 0 Å². The summed E-state index contributed by atoms with van der Waals surface area (Å²) in [6.07, 6.45) is 4.67. The molecule has 0 bridgehead atoms. The zero-order chi connectivity index (χ0) is 10.2. The molecule has 0 saturated heterocycles. The molecule has 1 aliphatic rings. The van der Waals surface area contributed by atoms with Crippen LogP contribution >= 0.6 is 0 Å². The number of hydrogen-bond donors (Lipinski definition) is 1. The first-order valence-electron chi connectivity index (χ1n) is 4.91. The van der Waals surface area contributed by atoms with E-state index in [2.05, 4.69) is 10.4 Å². The van der Waals surface area contributed by atoms with Crippen LogP contribution in [0.2, 0.25) is 0 Å². The molecule has 0 aromatic carbocycles. The summed E-state index contributed by atoms with van der Waals surface area (Å²) in [6, 6.07) is 1.78. The fourth-order valence-electron chi connectivity index (χ4n) is 1.96. The molecule has 1 aromatic heterocycles. The van der Waals surface area contributed by atoms with E-state index in [1.54, 1.807) is 24.0 Å². The van der Waals surface area contributed by atoms with Crippen LogP contribution in [0, 0.1) is 0 Å². The van der Waals surface area contributed by atoms with E-state index in [-0.39, 0.29) is 11.3 Å². The van der Waals surface area contributed by atoms with Crippen molar-refractivity contribution in [3.05, 3.63) is 18.0 Å². The minimum atomic E-state index is -0.312. The molecule has 1 aliphatic carbocycles. The first kappa shape index (κ1) is 9.40. The summed E-state index contributed by atoms with van der Waals surface area (Å²) in [6.45, 7) is 0. The SMILES string of the molecule is CNC1(C(=O)c2ccnn2C)CCC1. The zero-order valence-corrected chi connectivity index (χ0v) is 8.58. The highest BCUT2D eigenvalue weighted by molar-refractivity contribution is 6.02. The topological polar surface area (TPSA) is 46.9 Å². The number of carbonyl (C=O) groups excluding carboxylic acids is 1. The van der Waals surface area contributed by atoms with Gasteiger partial charge in [-0.1, -0.05) is 0 Å². The van der Waals surface area contributed by atoms with Crippen molar-refractivity contribution in [2.75, 3.05) is 7.05 Å². The molecule has 1 fully saturated rings. The Bertz CT molecular complexity index is 346. The largest absolute Gasteiger partial charge is 0.308 e. The van der Waals surface area contributed by atoms with E-state index >= 15 is 0 Å². The van der Waals surface area contributed by atoms with Crippen LogP contribution in [0.25, 0.3) is 0 Å². The Labute approximate surface area is 83.3 Å². The van der Waals surface area contributed by atoms with Crippen LogP contribution in [0.3, 0.4) is 0 Å². The average Bonchev–Trinajstić information content (AvgIpc) is 2.50. The van der Waals surface area contributed by atoms with Crippen molar-refractivity contribution in [3.8, 4) is 0 Å². The summed E-state index contributed by atoms with van der Waals surface area (Å²) in [5.74, 6) is 0.172. The van der Waals surface area contributed by atoms with Crippen LogP contribution in [0.4, 0.5) is 0 Å². The van der Waals surface area contributed by atoms with Gasteiger partial charge < -0.3 is 5.32 Å². The highest BCUT2D eigenvalue weighted by Crippen LogP contribution is 2.34. The Kier molecular flexibility index (Phi) is 2.15. The summed E-state index contributed by atoms with van der Waals surface area (Å²) in [5, 5.41) is 7.15. The van der Waals surface area contributed by atoms with Crippen LogP contribution in [0.5, 0.6) is 0 Å². The van der Waals surface area contributed by atoms with Gasteiger partial charge in [0, 0.05) is 13.2 Å². The number of Topliss-reactive ketones (excluding diaryl/α,β-unsaturated/α-hetero) is 1. The zero-order valence-electron chi connectivity index (χ0n) is 8.58. The van der Waals surface area contributed by atoms with Gasteiger partial charge in [-0.2, -0.15) is 5.10 Å². The predicted octanol–water partition coefficient (Wildman–Crippen LogP) is 0.745. The van der Waals surface area contributed by atoms with Crippen LogP contribution in [-0.2, 0) is 7.05 Å². The van der Waals surface area contributed by atoms with Gasteiger partial charge in [-0.25, -0.2) is 0 Å². The molecule has 4 heteroatoms. The van der Waals surface area contributed by atoms with Crippen LogP contribution in [0.1, 0.15) is 29.8 Å². The van der Waals surface area contributed by atoms with Gasteiger partial charge in [0.2, 0.25) is 5.78 Å². The molecule has 1 aromatic rings. The molecule has 0 aliphatic heterocycles. The van der Waals surface area contributed by atoms with Crippen molar-refractivity contribution in [3.63, 3.8) is 0 Å². The smallest absolute Gasteiger partial charge is 0.200 e. The minimum Gasteiger partial charge on any atom is -0.308 e. The third-order valence-corrected chi connectivity index (χ3v) is 3.17. The Balaban J connectivity index is 2.27. The number of ketones is 1. The molecular weight excluding hydrogens is 178 g/mol. The van der Waals surface area contributed by atoms with E-state index in [4.69, 9.17) is 0 Å².